The number of ether oxygens (including phenoxy) is 1. The number of aromatic nitrogens is 1. The first-order valence-electron chi connectivity index (χ1n) is 11.9. The summed E-state index contributed by atoms with van der Waals surface area (Å²) in [6, 6.07) is 20.3. The maximum atomic E-state index is 13.0. The SMILES string of the molecule is CN1C2CCCC1CC2.COc1cccc(CNCc2ccc(-c3ccc(F)cc3)nc2)c1. The third-order valence-corrected chi connectivity index (χ3v) is 6.82. The van der Waals surface area contributed by atoms with E-state index in [9.17, 15) is 4.39 Å². The van der Waals surface area contributed by atoms with Gasteiger partial charge in [-0.2, -0.15) is 0 Å². The summed E-state index contributed by atoms with van der Waals surface area (Å²) in [5.74, 6) is 0.622. The van der Waals surface area contributed by atoms with Gasteiger partial charge in [-0.3, -0.25) is 4.98 Å². The molecule has 2 unspecified atom stereocenters. The smallest absolute Gasteiger partial charge is 0.123 e. The van der Waals surface area contributed by atoms with Crippen LogP contribution in [0.3, 0.4) is 0 Å². The van der Waals surface area contributed by atoms with Gasteiger partial charge in [0.2, 0.25) is 0 Å². The predicted octanol–water partition coefficient (Wildman–Crippen LogP) is 5.82. The maximum Gasteiger partial charge on any atom is 0.123 e. The lowest BCUT2D eigenvalue weighted by Crippen LogP contribution is -2.35. The minimum absolute atomic E-state index is 0.239. The Morgan fingerprint density at radius 1 is 0.939 bits per heavy atom. The van der Waals surface area contributed by atoms with E-state index >= 15 is 0 Å². The van der Waals surface area contributed by atoms with E-state index < -0.39 is 0 Å². The molecule has 3 aromatic rings. The molecule has 5 heteroatoms. The maximum absolute atomic E-state index is 13.0. The summed E-state index contributed by atoms with van der Waals surface area (Å²) in [4.78, 5) is 7.04. The second-order valence-electron chi connectivity index (χ2n) is 9.00. The van der Waals surface area contributed by atoms with E-state index in [2.05, 4.69) is 28.3 Å². The van der Waals surface area contributed by atoms with Crippen LogP contribution < -0.4 is 10.1 Å². The van der Waals surface area contributed by atoms with Crippen molar-refractivity contribution in [3.63, 3.8) is 0 Å². The highest BCUT2D eigenvalue weighted by Gasteiger charge is 2.33. The zero-order valence-corrected chi connectivity index (χ0v) is 19.6. The van der Waals surface area contributed by atoms with Crippen molar-refractivity contribution in [2.24, 2.45) is 0 Å². The molecule has 5 rings (SSSR count). The van der Waals surface area contributed by atoms with E-state index in [1.807, 2.05) is 36.5 Å². The Morgan fingerprint density at radius 2 is 1.67 bits per heavy atom. The van der Waals surface area contributed by atoms with Gasteiger partial charge in [0, 0.05) is 36.9 Å². The number of benzene rings is 2. The fourth-order valence-corrected chi connectivity index (χ4v) is 4.83. The normalized spacial score (nSPS) is 19.6. The first-order valence-corrected chi connectivity index (χ1v) is 11.9. The quantitative estimate of drug-likeness (QED) is 0.517. The van der Waals surface area contributed by atoms with Crippen molar-refractivity contribution in [1.29, 1.82) is 0 Å². The predicted molar refractivity (Wildman–Crippen MR) is 132 cm³/mol. The largest absolute Gasteiger partial charge is 0.497 e. The standard InChI is InChI=1S/C20H19FN2O.C8H15N/c1-24-19-4-2-3-15(11-19)12-22-13-16-5-10-20(23-14-16)17-6-8-18(21)9-7-17;1-9-7-3-2-4-8(9)6-5-7/h2-11,14,22H,12-13H2,1H3;7-8H,2-6H2,1H3. The third kappa shape index (κ3) is 6.40. The van der Waals surface area contributed by atoms with Crippen LogP contribution in [0.4, 0.5) is 4.39 Å². The highest BCUT2D eigenvalue weighted by atomic mass is 19.1. The Kier molecular flexibility index (Phi) is 8.08. The monoisotopic (exact) mass is 447 g/mol. The molecule has 0 saturated carbocycles. The van der Waals surface area contributed by atoms with Crippen LogP contribution in [0.1, 0.15) is 43.2 Å². The van der Waals surface area contributed by atoms with Gasteiger partial charge in [0.1, 0.15) is 11.6 Å². The Bertz CT molecular complexity index is 990. The zero-order chi connectivity index (χ0) is 23.0. The first kappa shape index (κ1) is 23.4. The Labute approximate surface area is 196 Å². The van der Waals surface area contributed by atoms with Crippen LogP contribution in [0, 0.1) is 5.82 Å². The number of halogens is 1. The summed E-state index contributed by atoms with van der Waals surface area (Å²) in [6.07, 6.45) is 9.21. The molecule has 2 aliphatic rings. The van der Waals surface area contributed by atoms with E-state index in [0.717, 1.165) is 47.7 Å². The van der Waals surface area contributed by atoms with E-state index in [0.29, 0.717) is 0 Å². The minimum Gasteiger partial charge on any atom is -0.497 e. The van der Waals surface area contributed by atoms with Gasteiger partial charge in [-0.1, -0.05) is 24.6 Å². The molecule has 2 atom stereocenters. The lowest BCUT2D eigenvalue weighted by molar-refractivity contribution is 0.179. The van der Waals surface area contributed by atoms with Crippen LogP contribution >= 0.6 is 0 Å². The second-order valence-corrected chi connectivity index (χ2v) is 9.00. The molecule has 2 bridgehead atoms. The van der Waals surface area contributed by atoms with Gasteiger partial charge in [0.05, 0.1) is 12.8 Å². The fourth-order valence-electron chi connectivity index (χ4n) is 4.83. The molecule has 3 heterocycles. The van der Waals surface area contributed by atoms with Gasteiger partial charge in [-0.25, -0.2) is 4.39 Å². The summed E-state index contributed by atoms with van der Waals surface area (Å²) < 4.78 is 18.2. The highest BCUT2D eigenvalue weighted by molar-refractivity contribution is 5.58. The van der Waals surface area contributed by atoms with Crippen LogP contribution in [-0.4, -0.2) is 36.1 Å². The van der Waals surface area contributed by atoms with Gasteiger partial charge in [0.25, 0.3) is 0 Å². The number of piperidine rings is 1. The second kappa shape index (κ2) is 11.4. The zero-order valence-electron chi connectivity index (χ0n) is 19.6. The molecule has 2 saturated heterocycles. The molecule has 33 heavy (non-hydrogen) atoms. The van der Waals surface area contributed by atoms with Crippen molar-refractivity contribution in [3.05, 3.63) is 83.8 Å². The van der Waals surface area contributed by atoms with Gasteiger partial charge >= 0.3 is 0 Å². The molecular formula is C28H34FN3O. The number of nitrogens with one attached hydrogen (secondary N) is 1. The molecule has 0 spiro atoms. The molecule has 1 N–H and O–H groups in total. The van der Waals surface area contributed by atoms with E-state index in [4.69, 9.17) is 4.74 Å². The first-order chi connectivity index (χ1) is 16.1. The Hall–Kier alpha value is -2.76. The number of nitrogens with zero attached hydrogens (tertiary/aromatic N) is 2. The van der Waals surface area contributed by atoms with Gasteiger partial charge in [-0.05, 0) is 86.3 Å². The van der Waals surface area contributed by atoms with Crippen molar-refractivity contribution in [2.45, 2.75) is 57.3 Å². The van der Waals surface area contributed by atoms with Gasteiger partial charge in [-0.15, -0.1) is 0 Å². The summed E-state index contributed by atoms with van der Waals surface area (Å²) in [7, 11) is 3.96. The van der Waals surface area contributed by atoms with Crippen LogP contribution in [0.25, 0.3) is 11.3 Å². The molecule has 0 amide bonds. The Morgan fingerprint density at radius 3 is 2.30 bits per heavy atom. The van der Waals surface area contributed by atoms with Crippen molar-refractivity contribution in [1.82, 2.24) is 15.2 Å². The number of hydrogen-bond acceptors (Lipinski definition) is 4. The third-order valence-electron chi connectivity index (χ3n) is 6.82. The minimum atomic E-state index is -0.239. The molecular weight excluding hydrogens is 413 g/mol. The average molecular weight is 448 g/mol. The molecule has 2 fully saturated rings. The van der Waals surface area contributed by atoms with Crippen molar-refractivity contribution >= 4 is 0 Å². The van der Waals surface area contributed by atoms with E-state index in [-0.39, 0.29) is 5.82 Å². The fraction of sp³-hybridized carbons (Fsp3) is 0.393. The molecule has 0 radical (unpaired) electrons. The highest BCUT2D eigenvalue weighted by Crippen LogP contribution is 2.33. The lowest BCUT2D eigenvalue weighted by Gasteiger charge is -2.30. The van der Waals surface area contributed by atoms with Gasteiger partial charge in [0.15, 0.2) is 0 Å². The van der Waals surface area contributed by atoms with Gasteiger partial charge < -0.3 is 15.0 Å². The average Bonchev–Trinajstić information content (AvgIpc) is 3.04. The molecule has 2 aliphatic heterocycles. The number of methoxy groups -OCH3 is 1. The summed E-state index contributed by atoms with van der Waals surface area (Å²) in [5.41, 5.74) is 4.02. The number of pyridine rings is 1. The van der Waals surface area contributed by atoms with Crippen LogP contribution in [0.15, 0.2) is 66.9 Å². The number of hydrogen-bond donors (Lipinski definition) is 1. The molecule has 4 nitrogen and oxygen atoms in total. The number of rotatable bonds is 6. The van der Waals surface area contributed by atoms with Crippen LogP contribution in [0.2, 0.25) is 0 Å². The summed E-state index contributed by atoms with van der Waals surface area (Å²) in [5, 5.41) is 3.39. The molecule has 1 aromatic heterocycles. The molecule has 174 valence electrons. The van der Waals surface area contributed by atoms with Crippen molar-refractivity contribution in [2.75, 3.05) is 14.2 Å². The molecule has 2 aromatic carbocycles. The van der Waals surface area contributed by atoms with Crippen LogP contribution in [0.5, 0.6) is 5.75 Å². The Balaban J connectivity index is 0.000000238. The van der Waals surface area contributed by atoms with Crippen molar-refractivity contribution < 1.29 is 9.13 Å². The number of fused-ring (bicyclic) bond motifs is 2. The van der Waals surface area contributed by atoms with Crippen LogP contribution in [-0.2, 0) is 13.1 Å². The topological polar surface area (TPSA) is 37.4 Å². The van der Waals surface area contributed by atoms with Crippen molar-refractivity contribution in [3.8, 4) is 17.0 Å². The summed E-state index contributed by atoms with van der Waals surface area (Å²) >= 11 is 0. The molecule has 0 aliphatic carbocycles. The summed E-state index contributed by atoms with van der Waals surface area (Å²) in [6.45, 7) is 1.49. The van der Waals surface area contributed by atoms with E-state index in [1.165, 1.54) is 49.8 Å². The van der Waals surface area contributed by atoms with E-state index in [1.54, 1.807) is 19.2 Å². The lowest BCUT2D eigenvalue weighted by atomic mass is 10.0.